The third-order valence-electron chi connectivity index (χ3n) is 3.85. The van der Waals surface area contributed by atoms with E-state index in [1.807, 2.05) is 6.92 Å². The molecule has 1 saturated heterocycles. The van der Waals surface area contributed by atoms with E-state index in [0.29, 0.717) is 6.42 Å². The molecule has 1 heterocycles. The van der Waals surface area contributed by atoms with Crippen LogP contribution in [-0.2, 0) is 19.1 Å². The van der Waals surface area contributed by atoms with Gasteiger partial charge in [-0.1, -0.05) is 34.1 Å². The number of nitrogens with one attached hydrogen (secondary N) is 1. The predicted molar refractivity (Wildman–Crippen MR) is 83.6 cm³/mol. The van der Waals surface area contributed by atoms with Gasteiger partial charge in [0.1, 0.15) is 24.9 Å². The molecule has 0 spiro atoms. The van der Waals surface area contributed by atoms with Crippen LogP contribution in [0.5, 0.6) is 0 Å². The highest BCUT2D eigenvalue weighted by Gasteiger charge is 2.45. The molecule has 7 heteroatoms. The van der Waals surface area contributed by atoms with Gasteiger partial charge in [0.05, 0.1) is 12.1 Å². The Bertz CT molecular complexity index is 419. The number of carbonyl (C=O) groups excluding carboxylic acids is 2. The molecule has 0 unspecified atom stereocenters. The molecular weight excluding hydrogens is 302 g/mol. The molecule has 1 amide bonds. The molecule has 0 aromatic carbocycles. The molecule has 5 atom stereocenters. The highest BCUT2D eigenvalue weighted by Crippen LogP contribution is 2.26. The second kappa shape index (κ2) is 8.08. The third kappa shape index (κ3) is 5.44. The molecule has 1 aliphatic heterocycles. The van der Waals surface area contributed by atoms with Gasteiger partial charge >= 0.3 is 5.97 Å². The summed E-state index contributed by atoms with van der Waals surface area (Å²) >= 11 is 0. The molecule has 1 fully saturated rings. The number of aliphatic hydroxyl groups excluding tert-OH is 2. The summed E-state index contributed by atoms with van der Waals surface area (Å²) in [6.45, 7) is 8.41. The van der Waals surface area contributed by atoms with E-state index in [9.17, 15) is 19.8 Å². The Kier molecular flexibility index (Phi) is 6.98. The van der Waals surface area contributed by atoms with Crippen LogP contribution in [0.25, 0.3) is 0 Å². The zero-order valence-corrected chi connectivity index (χ0v) is 14.5. The minimum Gasteiger partial charge on any atom is -0.463 e. The average molecular weight is 331 g/mol. The number of esters is 1. The fourth-order valence-corrected chi connectivity index (χ4v) is 2.46. The molecule has 1 rings (SSSR count). The van der Waals surface area contributed by atoms with Gasteiger partial charge in [-0.05, 0) is 6.42 Å². The summed E-state index contributed by atoms with van der Waals surface area (Å²) < 4.78 is 10.7. The Labute approximate surface area is 137 Å². The van der Waals surface area contributed by atoms with Gasteiger partial charge in [-0.2, -0.15) is 0 Å². The van der Waals surface area contributed by atoms with Crippen LogP contribution in [0, 0.1) is 5.41 Å². The minimum atomic E-state index is -1.24. The zero-order valence-electron chi connectivity index (χ0n) is 14.5. The molecule has 0 saturated carbocycles. The largest absolute Gasteiger partial charge is 0.463 e. The summed E-state index contributed by atoms with van der Waals surface area (Å²) in [6.07, 6.45) is -2.30. The van der Waals surface area contributed by atoms with E-state index in [4.69, 9.17) is 9.47 Å². The van der Waals surface area contributed by atoms with Crippen molar-refractivity contribution >= 4 is 11.9 Å². The van der Waals surface area contributed by atoms with Gasteiger partial charge in [0.25, 0.3) is 0 Å². The molecule has 1 aliphatic rings. The molecule has 0 aromatic rings. The van der Waals surface area contributed by atoms with Gasteiger partial charge in [-0.3, -0.25) is 9.59 Å². The Morgan fingerprint density at radius 3 is 2.26 bits per heavy atom. The van der Waals surface area contributed by atoms with Crippen LogP contribution >= 0.6 is 0 Å². The molecule has 0 aromatic heterocycles. The van der Waals surface area contributed by atoms with Crippen molar-refractivity contribution in [2.45, 2.75) is 77.9 Å². The van der Waals surface area contributed by atoms with Crippen molar-refractivity contribution in [3.8, 4) is 0 Å². The average Bonchev–Trinajstić information content (AvgIpc) is 2.44. The number of rotatable bonds is 5. The second-order valence-corrected chi connectivity index (χ2v) is 7.03. The first kappa shape index (κ1) is 19.9. The third-order valence-corrected chi connectivity index (χ3v) is 3.85. The van der Waals surface area contributed by atoms with E-state index < -0.39 is 41.8 Å². The zero-order chi connectivity index (χ0) is 17.8. The van der Waals surface area contributed by atoms with Crippen LogP contribution < -0.4 is 5.32 Å². The summed E-state index contributed by atoms with van der Waals surface area (Å²) in [4.78, 5) is 23.1. The number of hydrogen-bond acceptors (Lipinski definition) is 6. The van der Waals surface area contributed by atoms with Crippen LogP contribution in [0.3, 0.4) is 0 Å². The summed E-state index contributed by atoms with van der Waals surface area (Å²) in [5.74, 6) is -0.706. The Morgan fingerprint density at radius 1 is 1.17 bits per heavy atom. The normalized spacial score (nSPS) is 31.5. The van der Waals surface area contributed by atoms with Crippen molar-refractivity contribution in [2.24, 2.45) is 5.41 Å². The number of hydrogen-bond donors (Lipinski definition) is 3. The van der Waals surface area contributed by atoms with Gasteiger partial charge < -0.3 is 25.0 Å². The lowest BCUT2D eigenvalue weighted by molar-refractivity contribution is -0.203. The van der Waals surface area contributed by atoms with E-state index in [1.54, 1.807) is 20.8 Å². The number of amides is 1. The van der Waals surface area contributed by atoms with Crippen molar-refractivity contribution < 1.29 is 29.3 Å². The van der Waals surface area contributed by atoms with Gasteiger partial charge in [0.15, 0.2) is 0 Å². The molecule has 0 radical (unpaired) electrons. The lowest BCUT2D eigenvalue weighted by atomic mass is 9.88. The highest BCUT2D eigenvalue weighted by molar-refractivity contribution is 5.81. The molecule has 3 N–H and O–H groups in total. The van der Waals surface area contributed by atoms with Gasteiger partial charge in [-0.25, -0.2) is 0 Å². The standard InChI is InChI=1S/C16H29NO6/c1-6-7-10-12(17-15(21)16(3,4)5)14(20)13(19)11(23-10)8-22-9(2)18/h10-14,19-20H,6-8H2,1-5H3,(H,17,21)/t10-,11-,12-,13-,14-/m1/s1. The lowest BCUT2D eigenvalue weighted by Gasteiger charge is -2.43. The Morgan fingerprint density at radius 2 is 1.78 bits per heavy atom. The topological polar surface area (TPSA) is 105 Å². The van der Waals surface area contributed by atoms with Crippen LogP contribution in [-0.4, -0.2) is 59.2 Å². The van der Waals surface area contributed by atoms with Crippen LogP contribution in [0.2, 0.25) is 0 Å². The fourth-order valence-electron chi connectivity index (χ4n) is 2.46. The molecule has 0 bridgehead atoms. The first-order valence-corrected chi connectivity index (χ1v) is 8.03. The second-order valence-electron chi connectivity index (χ2n) is 7.03. The van der Waals surface area contributed by atoms with E-state index in [1.165, 1.54) is 6.92 Å². The monoisotopic (exact) mass is 331 g/mol. The van der Waals surface area contributed by atoms with Crippen molar-refractivity contribution in [2.75, 3.05) is 6.61 Å². The number of carbonyl (C=O) groups is 2. The van der Waals surface area contributed by atoms with E-state index >= 15 is 0 Å². The van der Waals surface area contributed by atoms with Crippen LogP contribution in [0.15, 0.2) is 0 Å². The summed E-state index contributed by atoms with van der Waals surface area (Å²) in [7, 11) is 0. The van der Waals surface area contributed by atoms with E-state index in [-0.39, 0.29) is 12.5 Å². The smallest absolute Gasteiger partial charge is 0.302 e. The van der Waals surface area contributed by atoms with Crippen molar-refractivity contribution in [1.82, 2.24) is 5.32 Å². The maximum Gasteiger partial charge on any atom is 0.302 e. The first-order valence-electron chi connectivity index (χ1n) is 8.03. The summed E-state index contributed by atoms with van der Waals surface area (Å²) in [5, 5.41) is 23.4. The maximum atomic E-state index is 12.2. The Balaban J connectivity index is 2.85. The highest BCUT2D eigenvalue weighted by atomic mass is 16.6. The summed E-state index contributed by atoms with van der Waals surface area (Å²) in [5.41, 5.74) is -0.615. The molecule has 134 valence electrons. The molecule has 23 heavy (non-hydrogen) atoms. The van der Waals surface area contributed by atoms with E-state index in [2.05, 4.69) is 5.32 Å². The molecule has 0 aliphatic carbocycles. The number of aliphatic hydroxyl groups is 2. The van der Waals surface area contributed by atoms with Gasteiger partial charge in [-0.15, -0.1) is 0 Å². The fraction of sp³-hybridized carbons (Fsp3) is 0.875. The van der Waals surface area contributed by atoms with Gasteiger partial charge in [0, 0.05) is 12.3 Å². The first-order chi connectivity index (χ1) is 10.6. The van der Waals surface area contributed by atoms with Gasteiger partial charge in [0.2, 0.25) is 5.91 Å². The maximum absolute atomic E-state index is 12.2. The lowest BCUT2D eigenvalue weighted by Crippen LogP contribution is -2.65. The summed E-state index contributed by atoms with van der Waals surface area (Å²) in [6, 6.07) is -0.703. The molecule has 7 nitrogen and oxygen atoms in total. The minimum absolute atomic E-state index is 0.131. The quantitative estimate of drug-likeness (QED) is 0.629. The van der Waals surface area contributed by atoms with Crippen molar-refractivity contribution in [3.63, 3.8) is 0 Å². The number of ether oxygens (including phenoxy) is 2. The van der Waals surface area contributed by atoms with Crippen LogP contribution in [0.4, 0.5) is 0 Å². The van der Waals surface area contributed by atoms with Crippen molar-refractivity contribution in [1.29, 1.82) is 0 Å². The predicted octanol–water partition coefficient (Wildman–Crippen LogP) is 0.370. The van der Waals surface area contributed by atoms with E-state index in [0.717, 1.165) is 6.42 Å². The SMILES string of the molecule is CCC[C@H]1O[C@H](COC(C)=O)[C@@H](O)[C@H](O)[C@@H]1NC(=O)C(C)(C)C. The Hall–Kier alpha value is -1.18. The molecular formula is C16H29NO6. The van der Waals surface area contributed by atoms with Crippen molar-refractivity contribution in [3.05, 3.63) is 0 Å². The van der Waals surface area contributed by atoms with Crippen LogP contribution in [0.1, 0.15) is 47.5 Å².